The predicted molar refractivity (Wildman–Crippen MR) is 97.6 cm³/mol. The quantitative estimate of drug-likeness (QED) is 0.742. The Bertz CT molecular complexity index is 700. The first kappa shape index (κ1) is 18.8. The van der Waals surface area contributed by atoms with Gasteiger partial charge in [0.05, 0.1) is 6.61 Å². The summed E-state index contributed by atoms with van der Waals surface area (Å²) < 4.78 is 5.32. The minimum Gasteiger partial charge on any atom is -0.494 e. The van der Waals surface area contributed by atoms with Crippen molar-refractivity contribution in [1.82, 2.24) is 10.9 Å². The molecule has 0 spiro atoms. The van der Waals surface area contributed by atoms with Crippen molar-refractivity contribution in [3.05, 3.63) is 64.7 Å². The van der Waals surface area contributed by atoms with E-state index in [1.807, 2.05) is 31.2 Å². The minimum absolute atomic E-state index is 0.228. The van der Waals surface area contributed by atoms with Crippen LogP contribution in [0.25, 0.3) is 0 Å². The van der Waals surface area contributed by atoms with Crippen LogP contribution >= 0.6 is 11.6 Å². The number of benzene rings is 2. The molecule has 0 heterocycles. The smallest absolute Gasteiger partial charge is 0.269 e. The van der Waals surface area contributed by atoms with Crippen molar-refractivity contribution in [3.63, 3.8) is 0 Å². The van der Waals surface area contributed by atoms with Gasteiger partial charge in [-0.15, -0.1) is 0 Å². The zero-order chi connectivity index (χ0) is 18.1. The van der Waals surface area contributed by atoms with E-state index in [9.17, 15) is 9.59 Å². The van der Waals surface area contributed by atoms with Crippen molar-refractivity contribution in [2.45, 2.75) is 26.2 Å². The minimum atomic E-state index is -0.367. The van der Waals surface area contributed by atoms with Crippen LogP contribution in [0.4, 0.5) is 0 Å². The van der Waals surface area contributed by atoms with E-state index in [1.165, 1.54) is 0 Å². The van der Waals surface area contributed by atoms with Crippen molar-refractivity contribution in [2.24, 2.45) is 0 Å². The van der Waals surface area contributed by atoms with Gasteiger partial charge in [0.25, 0.3) is 5.91 Å². The summed E-state index contributed by atoms with van der Waals surface area (Å²) in [5, 5.41) is 0.693. The zero-order valence-electron chi connectivity index (χ0n) is 14.0. The number of ether oxygens (including phenoxy) is 1. The Balaban J connectivity index is 1.70. The topological polar surface area (TPSA) is 67.4 Å². The molecule has 5 nitrogen and oxygen atoms in total. The highest BCUT2D eigenvalue weighted by molar-refractivity contribution is 6.30. The molecule has 0 aliphatic carbocycles. The monoisotopic (exact) mass is 360 g/mol. The molecule has 0 saturated carbocycles. The number of hydrogen-bond donors (Lipinski definition) is 2. The third-order valence-electron chi connectivity index (χ3n) is 3.53. The number of aryl methyl sites for hydroxylation is 1. The summed E-state index contributed by atoms with van der Waals surface area (Å²) in [7, 11) is 0. The third kappa shape index (κ3) is 6.47. The molecule has 0 fully saturated rings. The fourth-order valence-electron chi connectivity index (χ4n) is 2.23. The van der Waals surface area contributed by atoms with E-state index >= 15 is 0 Å². The van der Waals surface area contributed by atoms with Crippen LogP contribution in [0.5, 0.6) is 5.75 Å². The Morgan fingerprint density at radius 2 is 1.68 bits per heavy atom. The molecular formula is C19H21ClN2O3. The van der Waals surface area contributed by atoms with Crippen molar-refractivity contribution >= 4 is 23.4 Å². The van der Waals surface area contributed by atoms with Crippen LogP contribution < -0.4 is 15.6 Å². The first-order valence-corrected chi connectivity index (χ1v) is 8.52. The first-order valence-electron chi connectivity index (χ1n) is 8.15. The number of hydrogen-bond acceptors (Lipinski definition) is 3. The van der Waals surface area contributed by atoms with Gasteiger partial charge in [0.15, 0.2) is 0 Å². The Labute approximate surface area is 152 Å². The van der Waals surface area contributed by atoms with E-state index in [4.69, 9.17) is 16.3 Å². The summed E-state index contributed by atoms with van der Waals surface area (Å²) in [5.74, 6) is 0.104. The van der Waals surface area contributed by atoms with Crippen LogP contribution in [0.3, 0.4) is 0 Å². The van der Waals surface area contributed by atoms with Crippen LogP contribution in [0.1, 0.15) is 35.7 Å². The predicted octanol–water partition coefficient (Wildman–Crippen LogP) is 3.52. The van der Waals surface area contributed by atoms with Gasteiger partial charge in [0.2, 0.25) is 5.91 Å². The van der Waals surface area contributed by atoms with Gasteiger partial charge in [-0.05, 0) is 61.7 Å². The molecule has 2 aromatic rings. The summed E-state index contributed by atoms with van der Waals surface area (Å²) in [6, 6.07) is 14.3. The highest BCUT2D eigenvalue weighted by Crippen LogP contribution is 2.12. The Kier molecular flexibility index (Phi) is 7.29. The fraction of sp³-hybridized carbons (Fsp3) is 0.263. The number of nitrogens with one attached hydrogen (secondary N) is 2. The molecule has 0 unspecified atom stereocenters. The van der Waals surface area contributed by atoms with Gasteiger partial charge in [-0.25, -0.2) is 0 Å². The second-order valence-electron chi connectivity index (χ2n) is 5.44. The van der Waals surface area contributed by atoms with E-state index in [0.29, 0.717) is 35.8 Å². The second-order valence-corrected chi connectivity index (χ2v) is 5.88. The van der Waals surface area contributed by atoms with E-state index in [-0.39, 0.29) is 11.8 Å². The summed E-state index contributed by atoms with van der Waals surface area (Å²) in [6.07, 6.45) is 1.79. The average Bonchev–Trinajstić information content (AvgIpc) is 2.62. The lowest BCUT2D eigenvalue weighted by Crippen LogP contribution is -2.41. The van der Waals surface area contributed by atoms with Crippen LogP contribution in [0.2, 0.25) is 5.02 Å². The lowest BCUT2D eigenvalue weighted by atomic mass is 10.1. The normalized spacial score (nSPS) is 10.2. The molecule has 2 amide bonds. The number of carbonyl (C=O) groups is 2. The highest BCUT2D eigenvalue weighted by Gasteiger charge is 2.07. The Morgan fingerprint density at radius 3 is 2.32 bits per heavy atom. The molecular weight excluding hydrogens is 340 g/mol. The molecule has 0 radical (unpaired) electrons. The van der Waals surface area contributed by atoms with Gasteiger partial charge in [0.1, 0.15) is 5.75 Å². The molecule has 0 aliphatic rings. The van der Waals surface area contributed by atoms with Crippen LogP contribution in [0.15, 0.2) is 48.5 Å². The summed E-state index contributed by atoms with van der Waals surface area (Å²) in [4.78, 5) is 23.8. The van der Waals surface area contributed by atoms with Gasteiger partial charge >= 0.3 is 0 Å². The second kappa shape index (κ2) is 9.69. The molecule has 2 aromatic carbocycles. The number of carbonyl (C=O) groups excluding carboxylic acids is 2. The number of halogens is 1. The van der Waals surface area contributed by atoms with Crippen LogP contribution in [-0.2, 0) is 11.2 Å². The number of hydrazine groups is 1. The molecule has 0 atom stereocenters. The highest BCUT2D eigenvalue weighted by atomic mass is 35.5. The standard InChI is InChI=1S/C19H21ClN2O3/c1-2-25-17-12-8-15(9-13-17)19(24)22-21-18(23)5-3-4-14-6-10-16(20)11-7-14/h6-13H,2-5H2,1H3,(H,21,23)(H,22,24). The van der Waals surface area contributed by atoms with Gasteiger partial charge in [-0.1, -0.05) is 23.7 Å². The summed E-state index contributed by atoms with van der Waals surface area (Å²) >= 11 is 5.83. The fourth-order valence-corrected chi connectivity index (χ4v) is 2.36. The maximum atomic E-state index is 12.0. The van der Waals surface area contributed by atoms with Gasteiger partial charge in [0, 0.05) is 17.0 Å². The van der Waals surface area contributed by atoms with E-state index in [1.54, 1.807) is 24.3 Å². The van der Waals surface area contributed by atoms with Crippen molar-refractivity contribution in [1.29, 1.82) is 0 Å². The van der Waals surface area contributed by atoms with Crippen molar-refractivity contribution in [3.8, 4) is 5.75 Å². The van der Waals surface area contributed by atoms with Crippen molar-refractivity contribution in [2.75, 3.05) is 6.61 Å². The number of rotatable bonds is 7. The zero-order valence-corrected chi connectivity index (χ0v) is 14.8. The van der Waals surface area contributed by atoms with E-state index < -0.39 is 0 Å². The van der Waals surface area contributed by atoms with Gasteiger partial charge in [-0.2, -0.15) is 0 Å². The molecule has 2 rings (SSSR count). The molecule has 0 bridgehead atoms. The molecule has 0 aliphatic heterocycles. The lowest BCUT2D eigenvalue weighted by Gasteiger charge is -2.08. The van der Waals surface area contributed by atoms with E-state index in [2.05, 4.69) is 10.9 Å². The molecule has 0 aromatic heterocycles. The van der Waals surface area contributed by atoms with Gasteiger partial charge in [-0.3, -0.25) is 20.4 Å². The average molecular weight is 361 g/mol. The van der Waals surface area contributed by atoms with Gasteiger partial charge < -0.3 is 4.74 Å². The van der Waals surface area contributed by atoms with Crippen LogP contribution in [0, 0.1) is 0 Å². The maximum absolute atomic E-state index is 12.0. The largest absolute Gasteiger partial charge is 0.494 e. The van der Waals surface area contributed by atoms with Crippen molar-refractivity contribution < 1.29 is 14.3 Å². The van der Waals surface area contributed by atoms with Crippen LogP contribution in [-0.4, -0.2) is 18.4 Å². The molecule has 0 saturated heterocycles. The molecule has 132 valence electrons. The summed E-state index contributed by atoms with van der Waals surface area (Å²) in [6.45, 7) is 2.46. The Morgan fingerprint density at radius 1 is 1.00 bits per heavy atom. The summed E-state index contributed by atoms with van der Waals surface area (Å²) in [5.41, 5.74) is 6.40. The molecule has 6 heteroatoms. The third-order valence-corrected chi connectivity index (χ3v) is 3.78. The molecule has 2 N–H and O–H groups in total. The first-order chi connectivity index (χ1) is 12.1. The van der Waals surface area contributed by atoms with E-state index in [0.717, 1.165) is 12.0 Å². The lowest BCUT2D eigenvalue weighted by molar-refractivity contribution is -0.121. The SMILES string of the molecule is CCOc1ccc(C(=O)NNC(=O)CCCc2ccc(Cl)cc2)cc1. The molecule has 25 heavy (non-hydrogen) atoms. The maximum Gasteiger partial charge on any atom is 0.269 e. The number of amides is 2. The Hall–Kier alpha value is -2.53.